The average molecular weight is 498 g/mol. The first-order valence-electron chi connectivity index (χ1n) is 12.9. The van der Waals surface area contributed by atoms with E-state index >= 15 is 0 Å². The Morgan fingerprint density at radius 2 is 1.92 bits per heavy atom. The van der Waals surface area contributed by atoms with Gasteiger partial charge in [0.2, 0.25) is 0 Å². The molecule has 194 valence electrons. The summed E-state index contributed by atoms with van der Waals surface area (Å²) in [5.74, 6) is 0.581. The molecule has 0 saturated heterocycles. The van der Waals surface area contributed by atoms with Gasteiger partial charge < -0.3 is 15.5 Å². The number of aryl methyl sites for hydroxylation is 1. The van der Waals surface area contributed by atoms with E-state index in [2.05, 4.69) is 73.0 Å². The van der Waals surface area contributed by atoms with Crippen LogP contribution in [-0.4, -0.2) is 72.9 Å². The average Bonchev–Trinajstić information content (AvgIpc) is 2.87. The number of nitrogens with zero attached hydrogens (tertiary/aromatic N) is 4. The number of allylic oxidation sites excluding steroid dienone is 4. The van der Waals surface area contributed by atoms with Gasteiger partial charge in [0.05, 0.1) is 0 Å². The fourth-order valence-corrected chi connectivity index (χ4v) is 5.06. The van der Waals surface area contributed by atoms with E-state index in [1.54, 1.807) is 19.0 Å². The second-order valence-electron chi connectivity index (χ2n) is 10.4. The zero-order chi connectivity index (χ0) is 26.7. The lowest BCUT2D eigenvalue weighted by atomic mass is 9.92. The summed E-state index contributed by atoms with van der Waals surface area (Å²) in [5, 5.41) is 0. The second-order valence-corrected chi connectivity index (χ2v) is 10.4. The number of nitrogens with two attached hydrogens (primary N) is 1. The van der Waals surface area contributed by atoms with Crippen molar-refractivity contribution < 1.29 is 4.79 Å². The molecule has 37 heavy (non-hydrogen) atoms. The maximum absolute atomic E-state index is 12.3. The fraction of sp³-hybridized carbons (Fsp3) is 0.355. The van der Waals surface area contributed by atoms with E-state index in [-0.39, 0.29) is 5.91 Å². The van der Waals surface area contributed by atoms with Crippen LogP contribution in [0.5, 0.6) is 0 Å². The predicted octanol–water partition coefficient (Wildman–Crippen LogP) is 5.01. The third-order valence-electron chi connectivity index (χ3n) is 7.30. The Kier molecular flexibility index (Phi) is 7.98. The summed E-state index contributed by atoms with van der Waals surface area (Å²) in [6.45, 7) is 10.2. The van der Waals surface area contributed by atoms with Crippen molar-refractivity contribution in [2.75, 3.05) is 53.1 Å². The fourth-order valence-electron chi connectivity index (χ4n) is 5.06. The first kappa shape index (κ1) is 26.4. The van der Waals surface area contributed by atoms with Gasteiger partial charge in [0.1, 0.15) is 5.82 Å². The van der Waals surface area contributed by atoms with Crippen LogP contribution in [-0.2, 0) is 0 Å². The summed E-state index contributed by atoms with van der Waals surface area (Å²) in [6.07, 6.45) is 9.81. The molecule has 0 aliphatic carbocycles. The first-order valence-corrected chi connectivity index (χ1v) is 12.9. The molecule has 0 radical (unpaired) electrons. The van der Waals surface area contributed by atoms with Gasteiger partial charge in [-0.05, 0) is 73.7 Å². The molecule has 0 saturated carbocycles. The van der Waals surface area contributed by atoms with Crippen LogP contribution in [0.1, 0.15) is 47.3 Å². The van der Waals surface area contributed by atoms with Gasteiger partial charge in [0.15, 0.2) is 0 Å². The summed E-state index contributed by atoms with van der Waals surface area (Å²) < 4.78 is 0. The lowest BCUT2D eigenvalue weighted by Crippen LogP contribution is -2.30. The van der Waals surface area contributed by atoms with Crippen LogP contribution in [0.2, 0.25) is 0 Å². The number of hydrogen-bond donors (Lipinski definition) is 1. The topological polar surface area (TPSA) is 65.7 Å². The molecule has 1 amide bonds. The predicted molar refractivity (Wildman–Crippen MR) is 154 cm³/mol. The van der Waals surface area contributed by atoms with Crippen molar-refractivity contribution >= 4 is 22.9 Å². The molecule has 0 fully saturated rings. The van der Waals surface area contributed by atoms with E-state index in [4.69, 9.17) is 5.73 Å². The van der Waals surface area contributed by atoms with Crippen LogP contribution in [0, 0.1) is 6.92 Å². The van der Waals surface area contributed by atoms with Crippen molar-refractivity contribution in [3.63, 3.8) is 0 Å². The lowest BCUT2D eigenvalue weighted by Gasteiger charge is -2.29. The van der Waals surface area contributed by atoms with Crippen molar-refractivity contribution in [3.05, 3.63) is 93.9 Å². The van der Waals surface area contributed by atoms with E-state index < -0.39 is 0 Å². The molecule has 2 aliphatic heterocycles. The van der Waals surface area contributed by atoms with Crippen molar-refractivity contribution in [2.24, 2.45) is 0 Å². The van der Waals surface area contributed by atoms with Gasteiger partial charge in [-0.2, -0.15) is 0 Å². The van der Waals surface area contributed by atoms with Crippen LogP contribution in [0.15, 0.2) is 71.6 Å². The largest absolute Gasteiger partial charge is 0.384 e. The zero-order valence-corrected chi connectivity index (χ0v) is 23.0. The molecule has 2 N–H and O–H groups in total. The van der Waals surface area contributed by atoms with Crippen molar-refractivity contribution in [3.8, 4) is 0 Å². The number of carbonyl (C=O) groups is 1. The van der Waals surface area contributed by atoms with Gasteiger partial charge in [-0.15, -0.1) is 0 Å². The molecule has 0 bridgehead atoms. The number of likely N-dealkylation sites (N-methyl/N-ethyl adjacent to an activating group) is 1. The molecule has 2 aliphatic rings. The van der Waals surface area contributed by atoms with Gasteiger partial charge >= 0.3 is 0 Å². The number of rotatable bonds is 6. The highest BCUT2D eigenvalue weighted by Gasteiger charge is 2.19. The minimum absolute atomic E-state index is 0.0425. The number of pyridine rings is 1. The number of anilines is 1. The monoisotopic (exact) mass is 497 g/mol. The third kappa shape index (κ3) is 6.03. The molecule has 2 aromatic rings. The number of aromatic nitrogens is 1. The number of nitrogen functional groups attached to an aromatic ring is 1. The number of hydrogen-bond acceptors (Lipinski definition) is 5. The Morgan fingerprint density at radius 3 is 2.54 bits per heavy atom. The lowest BCUT2D eigenvalue weighted by molar-refractivity contribution is 0.0827. The number of amides is 1. The number of carbonyl (C=O) groups excluding carboxylic acids is 1. The van der Waals surface area contributed by atoms with Gasteiger partial charge in [-0.1, -0.05) is 29.9 Å². The molecule has 4 rings (SSSR count). The molecule has 3 heterocycles. The van der Waals surface area contributed by atoms with Crippen LogP contribution >= 0.6 is 0 Å². The van der Waals surface area contributed by atoms with Gasteiger partial charge in [-0.25, -0.2) is 4.98 Å². The first-order chi connectivity index (χ1) is 17.6. The normalized spacial score (nSPS) is 17.0. The second kappa shape index (κ2) is 11.2. The van der Waals surface area contributed by atoms with E-state index in [0.717, 1.165) is 49.3 Å². The van der Waals surface area contributed by atoms with Crippen molar-refractivity contribution in [2.45, 2.75) is 27.2 Å². The summed E-state index contributed by atoms with van der Waals surface area (Å²) in [7, 11) is 5.71. The van der Waals surface area contributed by atoms with Crippen LogP contribution in [0.25, 0.3) is 11.1 Å². The van der Waals surface area contributed by atoms with Gasteiger partial charge in [0.25, 0.3) is 5.91 Å². The molecule has 6 nitrogen and oxygen atoms in total. The maximum atomic E-state index is 12.3. The highest BCUT2D eigenvalue weighted by molar-refractivity contribution is 5.94. The Balaban J connectivity index is 1.47. The molecule has 1 aromatic heterocycles. The summed E-state index contributed by atoms with van der Waals surface area (Å²) in [4.78, 5) is 23.0. The van der Waals surface area contributed by atoms with E-state index in [1.165, 1.54) is 33.6 Å². The highest BCUT2D eigenvalue weighted by Crippen LogP contribution is 2.32. The van der Waals surface area contributed by atoms with Gasteiger partial charge in [0, 0.05) is 75.9 Å². The van der Waals surface area contributed by atoms with Crippen LogP contribution in [0.3, 0.4) is 0 Å². The quantitative estimate of drug-likeness (QED) is 0.608. The Hall–Kier alpha value is -3.64. The Labute approximate surface area is 221 Å². The minimum atomic E-state index is 0.0425. The zero-order valence-electron chi connectivity index (χ0n) is 23.0. The summed E-state index contributed by atoms with van der Waals surface area (Å²) in [6, 6.07) is 9.98. The van der Waals surface area contributed by atoms with Crippen LogP contribution < -0.4 is 5.73 Å². The Bertz CT molecular complexity index is 1300. The molecule has 0 spiro atoms. The smallest absolute Gasteiger partial charge is 0.253 e. The van der Waals surface area contributed by atoms with Gasteiger partial charge in [-0.3, -0.25) is 9.69 Å². The Morgan fingerprint density at radius 1 is 1.14 bits per heavy atom. The SMILES string of the molecule is CC1=C(/C=C(\C)CN2CC=C(c3ccc(C(=O)N(C)C)cc3C)CC2)C(c2ccc(N)nc2)=CCN1C. The highest BCUT2D eigenvalue weighted by atomic mass is 16.2. The van der Waals surface area contributed by atoms with E-state index in [0.29, 0.717) is 5.82 Å². The standard InChI is InChI=1S/C31H39N5O/c1-21(17-29-23(3)35(6)14-13-28(29)26-8-10-30(32)33-19-26)20-36-15-11-24(12-16-36)27-9-7-25(18-22(27)2)31(37)34(4)5/h7-11,13,17-19H,12,14-16,20H2,1-6H3,(H2,32,33)/b21-17+. The van der Waals surface area contributed by atoms with E-state index in [1.807, 2.05) is 24.4 Å². The molecular weight excluding hydrogens is 458 g/mol. The third-order valence-corrected chi connectivity index (χ3v) is 7.30. The van der Waals surface area contributed by atoms with Crippen molar-refractivity contribution in [1.29, 1.82) is 0 Å². The molecule has 0 unspecified atom stereocenters. The van der Waals surface area contributed by atoms with Crippen molar-refractivity contribution in [1.82, 2.24) is 19.7 Å². The molecule has 1 aromatic carbocycles. The summed E-state index contributed by atoms with van der Waals surface area (Å²) in [5.41, 5.74) is 16.5. The maximum Gasteiger partial charge on any atom is 0.253 e. The number of benzene rings is 1. The molecule has 0 atom stereocenters. The van der Waals surface area contributed by atoms with Crippen LogP contribution in [0.4, 0.5) is 5.82 Å². The summed E-state index contributed by atoms with van der Waals surface area (Å²) >= 11 is 0. The van der Waals surface area contributed by atoms with E-state index in [9.17, 15) is 4.79 Å². The molecule has 6 heteroatoms. The minimum Gasteiger partial charge on any atom is -0.384 e. The molecular formula is C31H39N5O.